The van der Waals surface area contributed by atoms with Crippen LogP contribution in [0.15, 0.2) is 48.5 Å². The molecule has 2 nitrogen and oxygen atoms in total. The summed E-state index contributed by atoms with van der Waals surface area (Å²) >= 11 is 0. The molecule has 0 saturated carbocycles. The predicted octanol–water partition coefficient (Wildman–Crippen LogP) is 3.74. The van der Waals surface area contributed by atoms with Gasteiger partial charge in [0.1, 0.15) is 5.60 Å². The Labute approximate surface area is 134 Å². The molecule has 0 aromatic heterocycles. The van der Waals surface area contributed by atoms with Crippen molar-refractivity contribution in [2.24, 2.45) is 5.92 Å². The molecule has 0 fully saturated rings. The van der Waals surface area contributed by atoms with Gasteiger partial charge >= 0.3 is 0 Å². The van der Waals surface area contributed by atoms with Gasteiger partial charge in [-0.15, -0.1) is 0 Å². The van der Waals surface area contributed by atoms with Gasteiger partial charge in [-0.2, -0.15) is 0 Å². The van der Waals surface area contributed by atoms with Crippen molar-refractivity contribution < 1.29 is 5.11 Å². The minimum Gasteiger partial charge on any atom is -0.380 e. The summed E-state index contributed by atoms with van der Waals surface area (Å²) in [6.07, 6.45) is 0. The highest BCUT2D eigenvalue weighted by atomic mass is 16.3. The second-order valence-electron chi connectivity index (χ2n) is 6.56. The summed E-state index contributed by atoms with van der Waals surface area (Å²) in [4.78, 5) is 2.13. The SMILES string of the molecule is Cc1ccccc1C(O)(c1ccccc1C)C(C)CN(C)C. The first-order chi connectivity index (χ1) is 10.4. The predicted molar refractivity (Wildman–Crippen MR) is 93.1 cm³/mol. The molecule has 0 bridgehead atoms. The molecule has 0 saturated heterocycles. The maximum absolute atomic E-state index is 11.8. The lowest BCUT2D eigenvalue weighted by Crippen LogP contribution is -2.41. The van der Waals surface area contributed by atoms with E-state index in [4.69, 9.17) is 0 Å². The van der Waals surface area contributed by atoms with Gasteiger partial charge in [-0.1, -0.05) is 55.5 Å². The second kappa shape index (κ2) is 6.64. The van der Waals surface area contributed by atoms with Gasteiger partial charge in [-0.3, -0.25) is 0 Å². The quantitative estimate of drug-likeness (QED) is 0.909. The summed E-state index contributed by atoms with van der Waals surface area (Å²) in [7, 11) is 4.10. The van der Waals surface area contributed by atoms with E-state index in [9.17, 15) is 5.11 Å². The fraction of sp³-hybridized carbons (Fsp3) is 0.400. The summed E-state index contributed by atoms with van der Waals surface area (Å²) in [5.41, 5.74) is 3.26. The Morgan fingerprint density at radius 1 is 0.909 bits per heavy atom. The first-order valence-electron chi connectivity index (χ1n) is 7.86. The van der Waals surface area contributed by atoms with E-state index in [0.717, 1.165) is 28.8 Å². The van der Waals surface area contributed by atoms with Gasteiger partial charge in [0, 0.05) is 12.5 Å². The van der Waals surface area contributed by atoms with E-state index in [0.29, 0.717) is 0 Å². The molecular weight excluding hydrogens is 270 g/mol. The topological polar surface area (TPSA) is 23.5 Å². The number of aryl methyl sites for hydroxylation is 2. The summed E-state index contributed by atoms with van der Waals surface area (Å²) in [6.45, 7) is 7.08. The molecule has 2 aromatic rings. The molecule has 118 valence electrons. The number of benzene rings is 2. The van der Waals surface area contributed by atoms with Crippen molar-refractivity contribution in [1.82, 2.24) is 4.90 Å². The molecule has 1 unspecified atom stereocenters. The standard InChI is InChI=1S/C20H27NO/c1-15-10-6-8-12-18(15)20(22,17(3)14-21(4)5)19-13-9-7-11-16(19)2/h6-13,17,22H,14H2,1-5H3. The van der Waals surface area contributed by atoms with Crippen LogP contribution >= 0.6 is 0 Å². The van der Waals surface area contributed by atoms with Crippen molar-refractivity contribution in [3.05, 3.63) is 70.8 Å². The zero-order chi connectivity index (χ0) is 16.3. The molecule has 0 aliphatic rings. The van der Waals surface area contributed by atoms with Crippen LogP contribution < -0.4 is 0 Å². The third-order valence-electron chi connectivity index (χ3n) is 4.46. The van der Waals surface area contributed by atoms with Crippen molar-refractivity contribution in [3.8, 4) is 0 Å². The van der Waals surface area contributed by atoms with E-state index in [-0.39, 0.29) is 5.92 Å². The molecule has 0 spiro atoms. The second-order valence-corrected chi connectivity index (χ2v) is 6.56. The van der Waals surface area contributed by atoms with Crippen LogP contribution in [0, 0.1) is 19.8 Å². The number of hydrogen-bond donors (Lipinski definition) is 1. The van der Waals surface area contributed by atoms with E-state index in [1.54, 1.807) is 0 Å². The summed E-state index contributed by atoms with van der Waals surface area (Å²) in [5.74, 6) is 0.0738. The first-order valence-corrected chi connectivity index (χ1v) is 7.86. The fourth-order valence-corrected chi connectivity index (χ4v) is 3.36. The highest BCUT2D eigenvalue weighted by Gasteiger charge is 2.39. The average Bonchev–Trinajstić information content (AvgIpc) is 2.46. The Bertz CT molecular complexity index is 588. The Kier molecular flexibility index (Phi) is 5.05. The zero-order valence-corrected chi connectivity index (χ0v) is 14.3. The van der Waals surface area contributed by atoms with Crippen molar-refractivity contribution in [1.29, 1.82) is 0 Å². The largest absolute Gasteiger partial charge is 0.380 e. The van der Waals surface area contributed by atoms with Gasteiger partial charge in [0.15, 0.2) is 0 Å². The lowest BCUT2D eigenvalue weighted by Gasteiger charge is -2.38. The van der Waals surface area contributed by atoms with Crippen LogP contribution in [0.5, 0.6) is 0 Å². The molecule has 0 aliphatic carbocycles. The third kappa shape index (κ3) is 3.08. The molecular formula is C20H27NO. The van der Waals surface area contributed by atoms with Crippen molar-refractivity contribution in [2.75, 3.05) is 20.6 Å². The maximum atomic E-state index is 11.8. The Morgan fingerprint density at radius 3 is 1.68 bits per heavy atom. The van der Waals surface area contributed by atoms with Crippen LogP contribution in [0.1, 0.15) is 29.2 Å². The van der Waals surface area contributed by atoms with Crippen molar-refractivity contribution in [2.45, 2.75) is 26.4 Å². The Hall–Kier alpha value is -1.64. The molecule has 0 aliphatic heterocycles. The monoisotopic (exact) mass is 297 g/mol. The molecule has 0 heterocycles. The van der Waals surface area contributed by atoms with E-state index in [1.165, 1.54) is 0 Å². The van der Waals surface area contributed by atoms with Gasteiger partial charge in [0.2, 0.25) is 0 Å². The molecule has 0 radical (unpaired) electrons. The Morgan fingerprint density at radius 2 is 1.32 bits per heavy atom. The number of nitrogens with zero attached hydrogens (tertiary/aromatic N) is 1. The van der Waals surface area contributed by atoms with Gasteiger partial charge < -0.3 is 10.0 Å². The van der Waals surface area contributed by atoms with E-state index in [1.807, 2.05) is 50.5 Å². The van der Waals surface area contributed by atoms with Crippen LogP contribution in [-0.4, -0.2) is 30.6 Å². The third-order valence-corrected chi connectivity index (χ3v) is 4.46. The molecule has 1 atom stereocenters. The first kappa shape index (κ1) is 16.7. The van der Waals surface area contributed by atoms with Crippen LogP contribution in [-0.2, 0) is 5.60 Å². The van der Waals surface area contributed by atoms with Gasteiger partial charge in [-0.25, -0.2) is 0 Å². The molecule has 0 amide bonds. The Balaban J connectivity index is 2.65. The average molecular weight is 297 g/mol. The van der Waals surface area contributed by atoms with Gasteiger partial charge in [-0.05, 0) is 50.2 Å². The lowest BCUT2D eigenvalue weighted by molar-refractivity contribution is 0.0124. The van der Waals surface area contributed by atoms with E-state index >= 15 is 0 Å². The molecule has 2 rings (SSSR count). The minimum atomic E-state index is -0.985. The number of rotatable bonds is 5. The summed E-state index contributed by atoms with van der Waals surface area (Å²) in [5, 5.41) is 11.8. The van der Waals surface area contributed by atoms with E-state index < -0.39 is 5.60 Å². The summed E-state index contributed by atoms with van der Waals surface area (Å²) < 4.78 is 0. The normalized spacial score (nSPS) is 13.4. The smallest absolute Gasteiger partial charge is 0.119 e. The highest BCUT2D eigenvalue weighted by Crippen LogP contribution is 2.40. The van der Waals surface area contributed by atoms with Crippen molar-refractivity contribution in [3.63, 3.8) is 0 Å². The molecule has 22 heavy (non-hydrogen) atoms. The summed E-state index contributed by atoms with van der Waals surface area (Å²) in [6, 6.07) is 16.3. The fourth-order valence-electron chi connectivity index (χ4n) is 3.36. The lowest BCUT2D eigenvalue weighted by atomic mass is 9.74. The molecule has 2 aromatic carbocycles. The van der Waals surface area contributed by atoms with Gasteiger partial charge in [0.25, 0.3) is 0 Å². The number of aliphatic hydroxyl groups is 1. The van der Waals surface area contributed by atoms with Crippen LogP contribution in [0.4, 0.5) is 0 Å². The zero-order valence-electron chi connectivity index (χ0n) is 14.3. The minimum absolute atomic E-state index is 0.0738. The molecule has 2 heteroatoms. The molecule has 1 N–H and O–H groups in total. The van der Waals surface area contributed by atoms with Gasteiger partial charge in [0.05, 0.1) is 0 Å². The highest BCUT2D eigenvalue weighted by molar-refractivity contribution is 5.44. The van der Waals surface area contributed by atoms with Crippen LogP contribution in [0.25, 0.3) is 0 Å². The van der Waals surface area contributed by atoms with E-state index in [2.05, 4.69) is 37.8 Å². The van der Waals surface area contributed by atoms with Crippen LogP contribution in [0.3, 0.4) is 0 Å². The van der Waals surface area contributed by atoms with Crippen molar-refractivity contribution >= 4 is 0 Å². The maximum Gasteiger partial charge on any atom is 0.119 e. The van der Waals surface area contributed by atoms with Crippen LogP contribution in [0.2, 0.25) is 0 Å². The number of hydrogen-bond acceptors (Lipinski definition) is 2.